The zero-order chi connectivity index (χ0) is 8.04. The standard InChI is InChI=1S/C6H10F3N/c7-6(8,9)4-2-1-3-5-10/h3,5H,1-2,4,10H2/b5-3+. The lowest BCUT2D eigenvalue weighted by atomic mass is 10.2. The predicted molar refractivity (Wildman–Crippen MR) is 33.2 cm³/mol. The van der Waals surface area contributed by atoms with Gasteiger partial charge in [-0.3, -0.25) is 0 Å². The molecule has 0 spiro atoms. The van der Waals surface area contributed by atoms with Crippen molar-refractivity contribution >= 4 is 0 Å². The maximum absolute atomic E-state index is 11.4. The molecule has 0 fully saturated rings. The normalized spacial score (nSPS) is 12.7. The van der Waals surface area contributed by atoms with Gasteiger partial charge in [0.2, 0.25) is 0 Å². The largest absolute Gasteiger partial charge is 0.405 e. The van der Waals surface area contributed by atoms with Crippen LogP contribution in [0.25, 0.3) is 0 Å². The van der Waals surface area contributed by atoms with Crippen molar-refractivity contribution in [2.75, 3.05) is 0 Å². The molecule has 60 valence electrons. The molecule has 0 saturated carbocycles. The summed E-state index contributed by atoms with van der Waals surface area (Å²) in [4.78, 5) is 0. The lowest BCUT2D eigenvalue weighted by Crippen LogP contribution is -2.05. The van der Waals surface area contributed by atoms with Crippen LogP contribution < -0.4 is 5.73 Å². The first-order chi connectivity index (χ1) is 4.56. The van der Waals surface area contributed by atoms with E-state index in [1.54, 1.807) is 0 Å². The van der Waals surface area contributed by atoms with Crippen LogP contribution in [0, 0.1) is 0 Å². The van der Waals surface area contributed by atoms with Gasteiger partial charge in [-0.2, -0.15) is 13.2 Å². The van der Waals surface area contributed by atoms with Gasteiger partial charge in [-0.1, -0.05) is 6.08 Å². The summed E-state index contributed by atoms with van der Waals surface area (Å²) < 4.78 is 34.3. The number of allylic oxidation sites excluding steroid dienone is 1. The Morgan fingerprint density at radius 1 is 1.30 bits per heavy atom. The number of unbranched alkanes of at least 4 members (excludes halogenated alkanes) is 1. The van der Waals surface area contributed by atoms with Gasteiger partial charge in [0.1, 0.15) is 0 Å². The number of rotatable bonds is 3. The van der Waals surface area contributed by atoms with E-state index in [-0.39, 0.29) is 6.42 Å². The second-order valence-corrected chi connectivity index (χ2v) is 1.94. The minimum atomic E-state index is -4.03. The lowest BCUT2D eigenvalue weighted by Gasteiger charge is -2.02. The Balaban J connectivity index is 3.20. The summed E-state index contributed by atoms with van der Waals surface area (Å²) >= 11 is 0. The molecule has 10 heavy (non-hydrogen) atoms. The molecule has 0 heterocycles. The highest BCUT2D eigenvalue weighted by atomic mass is 19.4. The fraction of sp³-hybridized carbons (Fsp3) is 0.667. The topological polar surface area (TPSA) is 26.0 Å². The third-order valence-corrected chi connectivity index (χ3v) is 0.967. The summed E-state index contributed by atoms with van der Waals surface area (Å²) in [6.45, 7) is 0. The molecule has 0 atom stereocenters. The second-order valence-electron chi connectivity index (χ2n) is 1.94. The van der Waals surface area contributed by atoms with Gasteiger partial charge in [-0.05, 0) is 19.0 Å². The molecule has 0 unspecified atom stereocenters. The Morgan fingerprint density at radius 3 is 2.30 bits per heavy atom. The van der Waals surface area contributed by atoms with Gasteiger partial charge in [0.25, 0.3) is 0 Å². The van der Waals surface area contributed by atoms with E-state index in [4.69, 9.17) is 5.73 Å². The first-order valence-electron chi connectivity index (χ1n) is 3.00. The SMILES string of the molecule is N/C=C/CCCC(F)(F)F. The fourth-order valence-electron chi connectivity index (χ4n) is 0.517. The smallest absolute Gasteiger partial charge is 0.389 e. The van der Waals surface area contributed by atoms with Crippen molar-refractivity contribution in [1.29, 1.82) is 0 Å². The van der Waals surface area contributed by atoms with Gasteiger partial charge in [0, 0.05) is 6.42 Å². The first-order valence-corrected chi connectivity index (χ1v) is 3.00. The molecule has 0 bridgehead atoms. The molecular weight excluding hydrogens is 143 g/mol. The van der Waals surface area contributed by atoms with Gasteiger partial charge < -0.3 is 5.73 Å². The van der Waals surface area contributed by atoms with Crippen LogP contribution in [0.3, 0.4) is 0 Å². The van der Waals surface area contributed by atoms with E-state index in [1.165, 1.54) is 12.3 Å². The molecule has 0 aromatic rings. The van der Waals surface area contributed by atoms with Crippen LogP contribution in [0.15, 0.2) is 12.3 Å². The van der Waals surface area contributed by atoms with E-state index >= 15 is 0 Å². The second kappa shape index (κ2) is 4.19. The quantitative estimate of drug-likeness (QED) is 0.618. The molecule has 0 aromatic heterocycles. The van der Waals surface area contributed by atoms with Crippen molar-refractivity contribution in [2.24, 2.45) is 5.73 Å². The molecule has 0 saturated heterocycles. The summed E-state index contributed by atoms with van der Waals surface area (Å²) in [5.74, 6) is 0. The number of nitrogens with two attached hydrogens (primary N) is 1. The summed E-state index contributed by atoms with van der Waals surface area (Å²) in [7, 11) is 0. The average Bonchev–Trinajstić information content (AvgIpc) is 1.78. The van der Waals surface area contributed by atoms with E-state index in [0.29, 0.717) is 6.42 Å². The Hall–Kier alpha value is -0.670. The lowest BCUT2D eigenvalue weighted by molar-refractivity contribution is -0.135. The van der Waals surface area contributed by atoms with E-state index in [1.807, 2.05) is 0 Å². The van der Waals surface area contributed by atoms with Gasteiger partial charge in [-0.25, -0.2) is 0 Å². The molecule has 0 aliphatic carbocycles. The van der Waals surface area contributed by atoms with Crippen LogP contribution in [-0.2, 0) is 0 Å². The molecular formula is C6H10F3N. The Morgan fingerprint density at radius 2 is 1.90 bits per heavy atom. The average molecular weight is 153 g/mol. The summed E-state index contributed by atoms with van der Waals surface area (Å²) in [5.41, 5.74) is 4.92. The van der Waals surface area contributed by atoms with Crippen molar-refractivity contribution in [2.45, 2.75) is 25.4 Å². The minimum Gasteiger partial charge on any atom is -0.405 e. The monoisotopic (exact) mass is 153 g/mol. The minimum absolute atomic E-state index is 0.122. The predicted octanol–water partition coefficient (Wildman–Crippen LogP) is 2.19. The van der Waals surface area contributed by atoms with Crippen LogP contribution in [-0.4, -0.2) is 6.18 Å². The van der Waals surface area contributed by atoms with Gasteiger partial charge in [-0.15, -0.1) is 0 Å². The van der Waals surface area contributed by atoms with Crippen molar-refractivity contribution in [3.8, 4) is 0 Å². The Bertz CT molecular complexity index is 106. The third kappa shape index (κ3) is 7.33. The van der Waals surface area contributed by atoms with Crippen molar-refractivity contribution in [3.63, 3.8) is 0 Å². The Labute approximate surface area is 57.7 Å². The molecule has 0 amide bonds. The van der Waals surface area contributed by atoms with E-state index in [9.17, 15) is 13.2 Å². The van der Waals surface area contributed by atoms with Crippen LogP contribution in [0.4, 0.5) is 13.2 Å². The number of alkyl halides is 3. The van der Waals surface area contributed by atoms with Gasteiger partial charge in [0.05, 0.1) is 0 Å². The molecule has 0 aliphatic heterocycles. The highest BCUT2D eigenvalue weighted by molar-refractivity contribution is 4.75. The molecule has 2 N–H and O–H groups in total. The maximum Gasteiger partial charge on any atom is 0.389 e. The molecule has 0 rings (SSSR count). The first kappa shape index (κ1) is 9.33. The summed E-state index contributed by atoms with van der Waals surface area (Å²) in [6, 6.07) is 0. The zero-order valence-corrected chi connectivity index (χ0v) is 5.49. The van der Waals surface area contributed by atoms with Gasteiger partial charge in [0.15, 0.2) is 0 Å². The van der Waals surface area contributed by atoms with E-state index in [0.717, 1.165) is 0 Å². The summed E-state index contributed by atoms with van der Waals surface area (Å²) in [6.07, 6.45) is -1.45. The molecule has 1 nitrogen and oxygen atoms in total. The van der Waals surface area contributed by atoms with Crippen molar-refractivity contribution < 1.29 is 13.2 Å². The molecule has 0 aromatic carbocycles. The van der Waals surface area contributed by atoms with E-state index in [2.05, 4.69) is 0 Å². The number of hydrogen-bond donors (Lipinski definition) is 1. The van der Waals surface area contributed by atoms with Crippen LogP contribution >= 0.6 is 0 Å². The van der Waals surface area contributed by atoms with Crippen LogP contribution in [0.2, 0.25) is 0 Å². The highest BCUT2D eigenvalue weighted by Gasteiger charge is 2.25. The maximum atomic E-state index is 11.4. The Kier molecular flexibility index (Phi) is 3.91. The third-order valence-electron chi connectivity index (χ3n) is 0.967. The highest BCUT2D eigenvalue weighted by Crippen LogP contribution is 2.21. The number of hydrogen-bond acceptors (Lipinski definition) is 1. The van der Waals surface area contributed by atoms with Crippen LogP contribution in [0.5, 0.6) is 0 Å². The fourth-order valence-corrected chi connectivity index (χ4v) is 0.517. The van der Waals surface area contributed by atoms with Gasteiger partial charge >= 0.3 is 6.18 Å². The van der Waals surface area contributed by atoms with Crippen LogP contribution in [0.1, 0.15) is 19.3 Å². The molecule has 0 radical (unpaired) electrons. The van der Waals surface area contributed by atoms with Crippen molar-refractivity contribution in [3.05, 3.63) is 12.3 Å². The molecule has 0 aliphatic rings. The van der Waals surface area contributed by atoms with Crippen molar-refractivity contribution in [1.82, 2.24) is 0 Å². The zero-order valence-electron chi connectivity index (χ0n) is 5.49. The molecule has 4 heteroatoms. The summed E-state index contributed by atoms with van der Waals surface area (Å²) in [5, 5.41) is 0. The number of halogens is 3. The van der Waals surface area contributed by atoms with E-state index < -0.39 is 12.6 Å².